The minimum absolute atomic E-state index is 0.421. The van der Waals surface area contributed by atoms with Gasteiger partial charge in [-0.25, -0.2) is 0 Å². The van der Waals surface area contributed by atoms with Crippen molar-refractivity contribution in [2.45, 2.75) is 4.90 Å². The molecule has 1 aromatic rings. The Bertz CT molecular complexity index is 191. The number of nitrogens with zero attached hydrogens (tertiary/aromatic N) is 1. The molecule has 0 aliphatic rings. The van der Waals surface area contributed by atoms with Crippen LogP contribution in [-0.2, 0) is 17.9 Å². The van der Waals surface area contributed by atoms with Crippen LogP contribution in [0.1, 0.15) is 0 Å². The van der Waals surface area contributed by atoms with Crippen molar-refractivity contribution in [1.82, 2.24) is 4.57 Å². The molecule has 9 heavy (non-hydrogen) atoms. The highest BCUT2D eigenvalue weighted by Crippen LogP contribution is 2.07. The van der Waals surface area contributed by atoms with E-state index in [2.05, 4.69) is 42.6 Å². The number of rotatable bonds is 1. The van der Waals surface area contributed by atoms with Gasteiger partial charge in [0.25, 0.3) is 0 Å². The number of aryl methyl sites for hydroxylation is 1. The van der Waals surface area contributed by atoms with E-state index in [0.29, 0.717) is 10.9 Å². The Hall–Kier alpha value is -0.370. The van der Waals surface area contributed by atoms with Crippen LogP contribution in [0.15, 0.2) is 23.4 Å². The van der Waals surface area contributed by atoms with Gasteiger partial charge in [-0.2, -0.15) is 0 Å². The molecule has 0 radical (unpaired) electrons. The third kappa shape index (κ3) is 1.52. The van der Waals surface area contributed by atoms with Crippen molar-refractivity contribution < 1.29 is 0 Å². The first-order valence-corrected chi connectivity index (χ1v) is 4.94. The zero-order valence-electron chi connectivity index (χ0n) is 6.09. The van der Waals surface area contributed by atoms with E-state index in [0.717, 1.165) is 0 Å². The normalized spacial score (nSPS) is 10.7. The summed E-state index contributed by atoms with van der Waals surface area (Å²) < 4.78 is 2.09. The SMILES string of the molecule is Cn1ccc([S+](C)C)c1. The summed E-state index contributed by atoms with van der Waals surface area (Å²) in [5.74, 6) is 0. The summed E-state index contributed by atoms with van der Waals surface area (Å²) in [6, 6.07) is 2.17. The summed E-state index contributed by atoms with van der Waals surface area (Å²) in [5.41, 5.74) is 0. The van der Waals surface area contributed by atoms with Gasteiger partial charge in [0, 0.05) is 30.2 Å². The van der Waals surface area contributed by atoms with Crippen molar-refractivity contribution in [3.05, 3.63) is 18.5 Å². The number of hydrogen-bond donors (Lipinski definition) is 0. The molecule has 0 aromatic carbocycles. The second-order valence-electron chi connectivity index (χ2n) is 2.33. The maximum absolute atomic E-state index is 2.23. The van der Waals surface area contributed by atoms with Crippen molar-refractivity contribution in [1.29, 1.82) is 0 Å². The van der Waals surface area contributed by atoms with Crippen LogP contribution in [-0.4, -0.2) is 17.1 Å². The molecule has 0 saturated heterocycles. The smallest absolute Gasteiger partial charge is 0.171 e. The molecule has 50 valence electrons. The first-order chi connectivity index (χ1) is 4.20. The van der Waals surface area contributed by atoms with E-state index < -0.39 is 0 Å². The van der Waals surface area contributed by atoms with Crippen molar-refractivity contribution in [2.75, 3.05) is 12.5 Å². The molecule has 1 heterocycles. The molecule has 1 nitrogen and oxygen atoms in total. The van der Waals surface area contributed by atoms with Crippen molar-refractivity contribution in [2.24, 2.45) is 7.05 Å². The molecule has 0 N–H and O–H groups in total. The predicted molar refractivity (Wildman–Crippen MR) is 42.9 cm³/mol. The first kappa shape index (κ1) is 6.75. The molecule has 2 heteroatoms. The monoisotopic (exact) mass is 142 g/mol. The fraction of sp³-hybridized carbons (Fsp3) is 0.429. The Morgan fingerprint density at radius 1 is 1.44 bits per heavy atom. The molecule has 0 saturated carbocycles. The third-order valence-corrected chi connectivity index (χ3v) is 2.46. The minimum atomic E-state index is 0.421. The Balaban J connectivity index is 2.85. The highest BCUT2D eigenvalue weighted by Gasteiger charge is 2.07. The topological polar surface area (TPSA) is 4.93 Å². The second kappa shape index (κ2) is 2.48. The van der Waals surface area contributed by atoms with Gasteiger partial charge in [0.1, 0.15) is 12.5 Å². The highest BCUT2D eigenvalue weighted by atomic mass is 32.2. The van der Waals surface area contributed by atoms with Gasteiger partial charge in [-0.3, -0.25) is 0 Å². The Morgan fingerprint density at radius 3 is 2.33 bits per heavy atom. The molecular formula is C7H12NS+. The van der Waals surface area contributed by atoms with E-state index in [1.807, 2.05) is 0 Å². The third-order valence-electron chi connectivity index (χ3n) is 1.28. The lowest BCUT2D eigenvalue weighted by atomic mass is 10.7. The summed E-state index contributed by atoms with van der Waals surface area (Å²) in [6.45, 7) is 0. The molecule has 1 aromatic heterocycles. The molecule has 0 atom stereocenters. The predicted octanol–water partition coefficient (Wildman–Crippen LogP) is 1.26. The van der Waals surface area contributed by atoms with E-state index in [-0.39, 0.29) is 0 Å². The van der Waals surface area contributed by atoms with Crippen molar-refractivity contribution in [3.63, 3.8) is 0 Å². The zero-order valence-corrected chi connectivity index (χ0v) is 6.90. The fourth-order valence-corrected chi connectivity index (χ4v) is 1.43. The number of hydrogen-bond acceptors (Lipinski definition) is 0. The summed E-state index contributed by atoms with van der Waals surface area (Å²) in [6.07, 6.45) is 8.72. The van der Waals surface area contributed by atoms with Gasteiger partial charge in [-0.05, 0) is 0 Å². The fourth-order valence-electron chi connectivity index (χ4n) is 0.719. The largest absolute Gasteiger partial charge is 0.353 e. The average molecular weight is 142 g/mol. The van der Waals surface area contributed by atoms with Gasteiger partial charge in [0.15, 0.2) is 4.90 Å². The van der Waals surface area contributed by atoms with E-state index >= 15 is 0 Å². The van der Waals surface area contributed by atoms with Crippen LogP contribution < -0.4 is 0 Å². The molecule has 0 aliphatic carbocycles. The van der Waals surface area contributed by atoms with Gasteiger partial charge < -0.3 is 4.57 Å². The van der Waals surface area contributed by atoms with E-state index in [1.165, 1.54) is 4.90 Å². The lowest BCUT2D eigenvalue weighted by Crippen LogP contribution is -1.92. The molecule has 0 spiro atoms. The van der Waals surface area contributed by atoms with Gasteiger partial charge in [-0.1, -0.05) is 0 Å². The van der Waals surface area contributed by atoms with Crippen LogP contribution in [0.4, 0.5) is 0 Å². The summed E-state index contributed by atoms with van der Waals surface area (Å²) in [5, 5.41) is 0. The molecule has 0 bridgehead atoms. The number of aromatic nitrogens is 1. The van der Waals surface area contributed by atoms with Gasteiger partial charge in [0.2, 0.25) is 0 Å². The van der Waals surface area contributed by atoms with E-state index in [1.54, 1.807) is 0 Å². The first-order valence-electron chi connectivity index (χ1n) is 2.89. The van der Waals surface area contributed by atoms with Crippen LogP contribution in [0, 0.1) is 0 Å². The lowest BCUT2D eigenvalue weighted by molar-refractivity contribution is 0.920. The van der Waals surface area contributed by atoms with Crippen LogP contribution in [0.5, 0.6) is 0 Å². The molecule has 0 amide bonds. The van der Waals surface area contributed by atoms with E-state index in [9.17, 15) is 0 Å². The van der Waals surface area contributed by atoms with Crippen LogP contribution in [0.3, 0.4) is 0 Å². The molecule has 0 fully saturated rings. The Morgan fingerprint density at radius 2 is 2.11 bits per heavy atom. The highest BCUT2D eigenvalue weighted by molar-refractivity contribution is 7.95. The van der Waals surface area contributed by atoms with Crippen LogP contribution in [0.25, 0.3) is 0 Å². The Labute approximate surface area is 59.0 Å². The maximum atomic E-state index is 2.23. The summed E-state index contributed by atoms with van der Waals surface area (Å²) in [4.78, 5) is 1.44. The average Bonchev–Trinajstić information content (AvgIpc) is 2.14. The molecule has 1 rings (SSSR count). The molecule has 0 unspecified atom stereocenters. The molecular weight excluding hydrogens is 130 g/mol. The van der Waals surface area contributed by atoms with Crippen molar-refractivity contribution in [3.8, 4) is 0 Å². The van der Waals surface area contributed by atoms with Gasteiger partial charge >= 0.3 is 0 Å². The quantitative estimate of drug-likeness (QED) is 0.520. The standard InChI is InChI=1S/C7H12NS/c1-8-5-4-7(6-8)9(2)3/h4-6H,1-3H3/q+1. The lowest BCUT2D eigenvalue weighted by Gasteiger charge is -1.87. The summed E-state index contributed by atoms with van der Waals surface area (Å²) >= 11 is 0. The molecule has 0 aliphatic heterocycles. The van der Waals surface area contributed by atoms with Crippen molar-refractivity contribution >= 4 is 10.9 Å². The Kier molecular flexibility index (Phi) is 1.86. The van der Waals surface area contributed by atoms with Crippen LogP contribution >= 0.6 is 0 Å². The van der Waals surface area contributed by atoms with Crippen LogP contribution in [0.2, 0.25) is 0 Å². The van der Waals surface area contributed by atoms with E-state index in [4.69, 9.17) is 0 Å². The van der Waals surface area contributed by atoms with Gasteiger partial charge in [-0.15, -0.1) is 0 Å². The van der Waals surface area contributed by atoms with Gasteiger partial charge in [0.05, 0.1) is 6.20 Å². The minimum Gasteiger partial charge on any atom is -0.353 e. The maximum Gasteiger partial charge on any atom is 0.171 e. The zero-order chi connectivity index (χ0) is 6.85. The summed E-state index contributed by atoms with van der Waals surface area (Å²) in [7, 11) is 2.47. The second-order valence-corrected chi connectivity index (χ2v) is 4.43.